The van der Waals surface area contributed by atoms with Crippen molar-refractivity contribution in [2.24, 2.45) is 5.92 Å². The molecule has 23 heavy (non-hydrogen) atoms. The van der Waals surface area contributed by atoms with Crippen molar-refractivity contribution in [3.8, 4) is 0 Å². The lowest BCUT2D eigenvalue weighted by Crippen LogP contribution is -2.45. The van der Waals surface area contributed by atoms with Gasteiger partial charge in [0.2, 0.25) is 0 Å². The molecule has 0 spiro atoms. The van der Waals surface area contributed by atoms with Gasteiger partial charge in [0.15, 0.2) is 0 Å². The third-order valence-electron chi connectivity index (χ3n) is 3.99. The highest BCUT2D eigenvalue weighted by Gasteiger charge is 2.33. The second-order valence-corrected chi connectivity index (χ2v) is 8.58. The number of hydrogen-bond acceptors (Lipinski definition) is 4. The minimum absolute atomic E-state index is 0.151. The molecule has 0 radical (unpaired) electrons. The van der Waals surface area contributed by atoms with Gasteiger partial charge in [-0.15, -0.1) is 11.3 Å². The van der Waals surface area contributed by atoms with Crippen molar-refractivity contribution < 1.29 is 9.53 Å². The summed E-state index contributed by atoms with van der Waals surface area (Å²) in [5.41, 5.74) is -0.452. The van der Waals surface area contributed by atoms with Crippen LogP contribution in [0.2, 0.25) is 0 Å². The Hall–Kier alpha value is -1.07. The van der Waals surface area contributed by atoms with Gasteiger partial charge >= 0.3 is 6.09 Å². The summed E-state index contributed by atoms with van der Waals surface area (Å²) < 4.78 is 5.38. The van der Waals surface area contributed by atoms with Crippen LogP contribution in [0.25, 0.3) is 0 Å². The fourth-order valence-electron chi connectivity index (χ4n) is 2.51. The van der Waals surface area contributed by atoms with Crippen LogP contribution in [0.15, 0.2) is 12.1 Å². The van der Waals surface area contributed by atoms with Crippen molar-refractivity contribution in [3.63, 3.8) is 0 Å². The number of amides is 1. The summed E-state index contributed by atoms with van der Waals surface area (Å²) in [6, 6.07) is 4.87. The van der Waals surface area contributed by atoms with Gasteiger partial charge in [0.05, 0.1) is 0 Å². The van der Waals surface area contributed by atoms with Crippen molar-refractivity contribution in [2.45, 2.75) is 71.6 Å². The molecule has 1 aromatic heterocycles. The van der Waals surface area contributed by atoms with E-state index in [9.17, 15) is 4.79 Å². The molecule has 1 heterocycles. The van der Waals surface area contributed by atoms with E-state index >= 15 is 0 Å². The SMILES string of the molecule is CCc1ccc(C(C)NCC(NC(=O)OC(C)(C)C)C2CC2)s1. The van der Waals surface area contributed by atoms with E-state index in [-0.39, 0.29) is 12.1 Å². The first-order chi connectivity index (χ1) is 10.8. The largest absolute Gasteiger partial charge is 0.444 e. The smallest absolute Gasteiger partial charge is 0.407 e. The number of rotatable bonds is 7. The minimum atomic E-state index is -0.452. The molecule has 130 valence electrons. The Morgan fingerprint density at radius 3 is 2.61 bits per heavy atom. The Balaban J connectivity index is 1.83. The Morgan fingerprint density at radius 1 is 1.39 bits per heavy atom. The summed E-state index contributed by atoms with van der Waals surface area (Å²) in [6.45, 7) is 10.8. The van der Waals surface area contributed by atoms with Gasteiger partial charge in [-0.25, -0.2) is 4.79 Å². The molecule has 1 amide bonds. The lowest BCUT2D eigenvalue weighted by atomic mass is 10.1. The molecular formula is C18H30N2O2S. The monoisotopic (exact) mass is 338 g/mol. The van der Waals surface area contributed by atoms with Crippen LogP contribution in [-0.2, 0) is 11.2 Å². The lowest BCUT2D eigenvalue weighted by Gasteiger charge is -2.25. The highest BCUT2D eigenvalue weighted by atomic mass is 32.1. The van der Waals surface area contributed by atoms with Crippen LogP contribution < -0.4 is 10.6 Å². The van der Waals surface area contributed by atoms with Crippen LogP contribution >= 0.6 is 11.3 Å². The van der Waals surface area contributed by atoms with Gasteiger partial charge in [-0.3, -0.25) is 0 Å². The highest BCUT2D eigenvalue weighted by molar-refractivity contribution is 7.12. The first kappa shape index (κ1) is 18.3. The van der Waals surface area contributed by atoms with E-state index in [2.05, 4.69) is 36.6 Å². The molecule has 0 saturated heterocycles. The van der Waals surface area contributed by atoms with Crippen molar-refractivity contribution in [1.82, 2.24) is 10.6 Å². The van der Waals surface area contributed by atoms with Crippen molar-refractivity contribution in [1.29, 1.82) is 0 Å². The third-order valence-corrected chi connectivity index (χ3v) is 5.41. The maximum Gasteiger partial charge on any atom is 0.407 e. The zero-order valence-electron chi connectivity index (χ0n) is 14.9. The first-order valence-corrected chi connectivity index (χ1v) is 9.41. The van der Waals surface area contributed by atoms with Crippen molar-refractivity contribution in [2.75, 3.05) is 6.54 Å². The van der Waals surface area contributed by atoms with E-state index in [0.717, 1.165) is 13.0 Å². The zero-order chi connectivity index (χ0) is 17.0. The predicted octanol–water partition coefficient (Wildman–Crippen LogP) is 4.26. The molecule has 1 fully saturated rings. The van der Waals surface area contributed by atoms with Gasteiger partial charge in [0, 0.05) is 28.4 Å². The summed E-state index contributed by atoms with van der Waals surface area (Å²) in [7, 11) is 0. The van der Waals surface area contributed by atoms with E-state index in [1.54, 1.807) is 0 Å². The molecule has 2 unspecified atom stereocenters. The number of alkyl carbamates (subject to hydrolysis) is 1. The van der Waals surface area contributed by atoms with Crippen molar-refractivity contribution >= 4 is 17.4 Å². The molecule has 4 nitrogen and oxygen atoms in total. The van der Waals surface area contributed by atoms with Gasteiger partial charge < -0.3 is 15.4 Å². The van der Waals surface area contributed by atoms with Gasteiger partial charge in [0.25, 0.3) is 0 Å². The number of nitrogens with one attached hydrogen (secondary N) is 2. The van der Waals surface area contributed by atoms with Gasteiger partial charge in [-0.05, 0) is 65.0 Å². The number of aryl methyl sites for hydroxylation is 1. The standard InChI is InChI=1S/C18H30N2O2S/c1-6-14-9-10-16(23-14)12(2)19-11-15(13-7-8-13)20-17(21)22-18(3,4)5/h9-10,12-13,15,19H,6-8,11H2,1-5H3,(H,20,21). The normalized spacial score (nSPS) is 17.6. The number of ether oxygens (including phenoxy) is 1. The van der Waals surface area contributed by atoms with Gasteiger partial charge in [0.1, 0.15) is 5.60 Å². The molecule has 0 bridgehead atoms. The maximum absolute atomic E-state index is 12.0. The van der Waals surface area contributed by atoms with E-state index in [1.807, 2.05) is 32.1 Å². The van der Waals surface area contributed by atoms with Crippen LogP contribution in [0, 0.1) is 5.92 Å². The predicted molar refractivity (Wildman–Crippen MR) is 96.0 cm³/mol. The number of hydrogen-bond donors (Lipinski definition) is 2. The third kappa shape index (κ3) is 6.15. The van der Waals surface area contributed by atoms with E-state index in [4.69, 9.17) is 4.74 Å². The minimum Gasteiger partial charge on any atom is -0.444 e. The Morgan fingerprint density at radius 2 is 2.09 bits per heavy atom. The lowest BCUT2D eigenvalue weighted by molar-refractivity contribution is 0.0497. The summed E-state index contributed by atoms with van der Waals surface area (Å²) in [5.74, 6) is 0.580. The molecule has 1 aliphatic rings. The van der Waals surface area contributed by atoms with Crippen LogP contribution in [0.3, 0.4) is 0 Å². The Bertz CT molecular complexity index is 517. The average molecular weight is 339 g/mol. The maximum atomic E-state index is 12.0. The molecule has 1 saturated carbocycles. The quantitative estimate of drug-likeness (QED) is 0.781. The van der Waals surface area contributed by atoms with Crippen LogP contribution in [0.4, 0.5) is 4.79 Å². The van der Waals surface area contributed by atoms with Crippen molar-refractivity contribution in [3.05, 3.63) is 21.9 Å². The Labute approximate surface area is 144 Å². The summed E-state index contributed by atoms with van der Waals surface area (Å²) >= 11 is 1.86. The fraction of sp³-hybridized carbons (Fsp3) is 0.722. The van der Waals surface area contributed by atoms with Crippen LogP contribution in [-0.4, -0.2) is 24.3 Å². The molecule has 0 aromatic carbocycles. The molecule has 2 rings (SSSR count). The first-order valence-electron chi connectivity index (χ1n) is 8.60. The van der Waals surface area contributed by atoms with E-state index in [0.29, 0.717) is 12.0 Å². The zero-order valence-corrected chi connectivity index (χ0v) is 15.8. The molecule has 5 heteroatoms. The molecule has 0 aliphatic heterocycles. The van der Waals surface area contributed by atoms with Crippen LogP contribution in [0.1, 0.15) is 63.3 Å². The summed E-state index contributed by atoms with van der Waals surface area (Å²) in [4.78, 5) is 14.8. The molecule has 1 aliphatic carbocycles. The molecular weight excluding hydrogens is 308 g/mol. The van der Waals surface area contributed by atoms with Gasteiger partial charge in [-0.1, -0.05) is 6.92 Å². The van der Waals surface area contributed by atoms with E-state index < -0.39 is 5.60 Å². The highest BCUT2D eigenvalue weighted by Crippen LogP contribution is 2.33. The van der Waals surface area contributed by atoms with Gasteiger partial charge in [-0.2, -0.15) is 0 Å². The van der Waals surface area contributed by atoms with E-state index in [1.165, 1.54) is 22.6 Å². The number of carbonyl (C=O) groups excluding carboxylic acids is 1. The molecule has 1 aromatic rings. The number of carbonyl (C=O) groups is 1. The number of thiophene rings is 1. The molecule has 2 N–H and O–H groups in total. The molecule has 2 atom stereocenters. The Kier molecular flexibility index (Phi) is 6.09. The topological polar surface area (TPSA) is 50.4 Å². The second kappa shape index (κ2) is 7.67. The summed E-state index contributed by atoms with van der Waals surface area (Å²) in [5, 5.41) is 6.60. The fourth-order valence-corrected chi connectivity index (χ4v) is 3.49. The average Bonchev–Trinajstić information content (AvgIpc) is 3.18. The summed E-state index contributed by atoms with van der Waals surface area (Å²) in [6.07, 6.45) is 3.15. The van der Waals surface area contributed by atoms with Crippen LogP contribution in [0.5, 0.6) is 0 Å². The second-order valence-electron chi connectivity index (χ2n) is 7.38.